The Morgan fingerprint density at radius 1 is 1.29 bits per heavy atom. The topological polar surface area (TPSA) is 74.4 Å². The summed E-state index contributed by atoms with van der Waals surface area (Å²) >= 11 is 1.57. The van der Waals surface area contributed by atoms with E-state index in [-0.39, 0.29) is 0 Å². The lowest BCUT2D eigenvalue weighted by Crippen LogP contribution is -2.05. The number of anilines is 1. The van der Waals surface area contributed by atoms with Gasteiger partial charge in [0.25, 0.3) is 0 Å². The van der Waals surface area contributed by atoms with Crippen molar-refractivity contribution in [2.24, 2.45) is 0 Å². The largest absolute Gasteiger partial charge is 0.496 e. The Morgan fingerprint density at radius 3 is 2.81 bits per heavy atom. The van der Waals surface area contributed by atoms with E-state index in [1.54, 1.807) is 37.1 Å². The van der Waals surface area contributed by atoms with E-state index < -0.39 is 5.97 Å². The number of ether oxygens (including phenoxy) is 2. The molecule has 0 fully saturated rings. The van der Waals surface area contributed by atoms with Gasteiger partial charge in [-0.3, -0.25) is 0 Å². The van der Waals surface area contributed by atoms with Crippen LogP contribution < -0.4 is 10.5 Å². The number of rotatable bonds is 5. The third-order valence-corrected chi connectivity index (χ3v) is 3.85. The van der Waals surface area contributed by atoms with Crippen LogP contribution in [0.3, 0.4) is 0 Å². The average molecular weight is 304 g/mol. The Hall–Kier alpha value is -2.21. The van der Waals surface area contributed by atoms with Gasteiger partial charge in [0.05, 0.1) is 19.9 Å². The highest BCUT2D eigenvalue weighted by molar-refractivity contribution is 7.98. The number of nitrogen functional groups attached to an aromatic ring is 1. The minimum absolute atomic E-state index is 0.305. The summed E-state index contributed by atoms with van der Waals surface area (Å²) in [6.07, 6.45) is 0. The quantitative estimate of drug-likeness (QED) is 0.520. The van der Waals surface area contributed by atoms with Crippen molar-refractivity contribution in [2.45, 2.75) is 10.6 Å². The summed E-state index contributed by atoms with van der Waals surface area (Å²) < 4.78 is 9.96. The zero-order valence-corrected chi connectivity index (χ0v) is 12.6. The molecule has 0 radical (unpaired) electrons. The first-order valence-electron chi connectivity index (χ1n) is 6.24. The summed E-state index contributed by atoms with van der Waals surface area (Å²) in [4.78, 5) is 16.7. The lowest BCUT2D eigenvalue weighted by atomic mass is 10.3. The third kappa shape index (κ3) is 3.88. The van der Waals surface area contributed by atoms with E-state index in [1.807, 2.05) is 18.2 Å². The molecular weight excluding hydrogens is 288 g/mol. The summed E-state index contributed by atoms with van der Waals surface area (Å²) in [6, 6.07) is 10.8. The summed E-state index contributed by atoms with van der Waals surface area (Å²) in [6.45, 7) is 0. The minimum Gasteiger partial charge on any atom is -0.496 e. The van der Waals surface area contributed by atoms with Gasteiger partial charge in [-0.2, -0.15) is 0 Å². The maximum absolute atomic E-state index is 11.5. The molecule has 1 aromatic heterocycles. The molecule has 0 atom stereocenters. The smallest absolute Gasteiger partial charge is 0.356 e. The molecule has 0 amide bonds. The molecule has 0 bridgehead atoms. The molecule has 0 unspecified atom stereocenters. The monoisotopic (exact) mass is 304 g/mol. The van der Waals surface area contributed by atoms with Crippen LogP contribution in [0.2, 0.25) is 0 Å². The van der Waals surface area contributed by atoms with Crippen LogP contribution in [0.15, 0.2) is 41.3 Å². The van der Waals surface area contributed by atoms with Crippen LogP contribution in [-0.2, 0) is 10.5 Å². The molecule has 0 saturated heterocycles. The molecule has 6 heteroatoms. The number of hydrogen-bond donors (Lipinski definition) is 1. The van der Waals surface area contributed by atoms with Crippen LogP contribution in [0.1, 0.15) is 16.2 Å². The first-order chi connectivity index (χ1) is 10.1. The number of carbonyl (C=O) groups excluding carboxylic acids is 1. The van der Waals surface area contributed by atoms with Crippen LogP contribution in [0, 0.1) is 0 Å². The zero-order valence-electron chi connectivity index (χ0n) is 11.8. The molecular formula is C15H16N2O3S. The molecule has 1 heterocycles. The second-order valence-corrected chi connectivity index (χ2v) is 5.22. The molecule has 0 saturated carbocycles. The van der Waals surface area contributed by atoms with E-state index in [0.29, 0.717) is 17.1 Å². The van der Waals surface area contributed by atoms with E-state index >= 15 is 0 Å². The van der Waals surface area contributed by atoms with Crippen molar-refractivity contribution in [3.8, 4) is 5.75 Å². The Balaban J connectivity index is 2.11. The van der Waals surface area contributed by atoms with E-state index in [2.05, 4.69) is 9.72 Å². The Kier molecular flexibility index (Phi) is 5.05. The van der Waals surface area contributed by atoms with Gasteiger partial charge < -0.3 is 15.2 Å². The number of pyridine rings is 1. The molecule has 0 spiro atoms. The molecule has 1 aromatic carbocycles. The second-order valence-electron chi connectivity index (χ2n) is 4.20. The highest BCUT2D eigenvalue weighted by Crippen LogP contribution is 2.32. The number of aromatic nitrogens is 1. The van der Waals surface area contributed by atoms with E-state index in [1.165, 1.54) is 7.11 Å². The van der Waals surface area contributed by atoms with E-state index in [4.69, 9.17) is 10.5 Å². The van der Waals surface area contributed by atoms with Gasteiger partial charge in [-0.15, -0.1) is 11.8 Å². The minimum atomic E-state index is -0.438. The van der Waals surface area contributed by atoms with Crippen LogP contribution in [0.25, 0.3) is 0 Å². The maximum atomic E-state index is 11.5. The van der Waals surface area contributed by atoms with Crippen molar-refractivity contribution in [1.82, 2.24) is 4.98 Å². The van der Waals surface area contributed by atoms with Gasteiger partial charge in [0.15, 0.2) is 0 Å². The van der Waals surface area contributed by atoms with Gasteiger partial charge >= 0.3 is 5.97 Å². The van der Waals surface area contributed by atoms with Crippen LogP contribution >= 0.6 is 11.8 Å². The molecule has 5 nitrogen and oxygen atoms in total. The lowest BCUT2D eigenvalue weighted by Gasteiger charge is -2.09. The number of benzene rings is 1. The van der Waals surface area contributed by atoms with E-state index in [0.717, 1.165) is 16.3 Å². The van der Waals surface area contributed by atoms with Gasteiger partial charge in [-0.1, -0.05) is 6.07 Å². The van der Waals surface area contributed by atoms with Crippen LogP contribution in [0.4, 0.5) is 5.69 Å². The molecule has 2 N–H and O–H groups in total. The van der Waals surface area contributed by atoms with E-state index in [9.17, 15) is 4.79 Å². The maximum Gasteiger partial charge on any atom is 0.356 e. The highest BCUT2D eigenvalue weighted by atomic mass is 32.2. The number of nitrogens with zero attached hydrogens (tertiary/aromatic N) is 1. The molecule has 0 aliphatic heterocycles. The molecule has 2 aromatic rings. The Labute approximate surface area is 127 Å². The predicted molar refractivity (Wildman–Crippen MR) is 82.5 cm³/mol. The molecule has 21 heavy (non-hydrogen) atoms. The SMILES string of the molecule is COC(=O)c1cccc(CSc2ccc(N)cc2OC)n1. The second kappa shape index (κ2) is 6.99. The summed E-state index contributed by atoms with van der Waals surface area (Å²) in [5, 5.41) is 0. The fraction of sp³-hybridized carbons (Fsp3) is 0.200. The van der Waals surface area contributed by atoms with Crippen LogP contribution in [-0.4, -0.2) is 25.2 Å². The molecule has 0 aliphatic carbocycles. The first kappa shape index (κ1) is 15.2. The summed E-state index contributed by atoms with van der Waals surface area (Å²) in [5.41, 5.74) is 7.48. The number of thioether (sulfide) groups is 1. The fourth-order valence-corrected chi connectivity index (χ4v) is 2.65. The first-order valence-corrected chi connectivity index (χ1v) is 7.23. The van der Waals surface area contributed by atoms with Crippen molar-refractivity contribution >= 4 is 23.4 Å². The fourth-order valence-electron chi connectivity index (χ4n) is 1.73. The number of methoxy groups -OCH3 is 2. The number of hydrogen-bond acceptors (Lipinski definition) is 6. The Bertz CT molecular complexity index is 647. The van der Waals surface area contributed by atoms with Gasteiger partial charge in [0.2, 0.25) is 0 Å². The zero-order chi connectivity index (χ0) is 15.2. The third-order valence-electron chi connectivity index (χ3n) is 2.76. The average Bonchev–Trinajstić information content (AvgIpc) is 2.53. The standard InChI is InChI=1S/C15H16N2O3S/c1-19-13-8-10(16)6-7-14(13)21-9-11-4-3-5-12(17-11)15(18)20-2/h3-8H,9,16H2,1-2H3. The van der Waals surface area contributed by atoms with Gasteiger partial charge in [0.1, 0.15) is 11.4 Å². The Morgan fingerprint density at radius 2 is 2.10 bits per heavy atom. The van der Waals surface area contributed by atoms with Crippen molar-refractivity contribution in [1.29, 1.82) is 0 Å². The van der Waals surface area contributed by atoms with Crippen LogP contribution in [0.5, 0.6) is 5.75 Å². The van der Waals surface area contributed by atoms with Crippen molar-refractivity contribution in [2.75, 3.05) is 20.0 Å². The number of carbonyl (C=O) groups is 1. The van der Waals surface area contributed by atoms with Gasteiger partial charge in [-0.05, 0) is 24.3 Å². The predicted octanol–water partition coefficient (Wildman–Crippen LogP) is 2.75. The van der Waals surface area contributed by atoms with Crippen molar-refractivity contribution in [3.63, 3.8) is 0 Å². The molecule has 2 rings (SSSR count). The number of esters is 1. The van der Waals surface area contributed by atoms with Gasteiger partial charge in [-0.25, -0.2) is 9.78 Å². The van der Waals surface area contributed by atoms with Crippen molar-refractivity contribution < 1.29 is 14.3 Å². The summed E-state index contributed by atoms with van der Waals surface area (Å²) in [7, 11) is 2.94. The lowest BCUT2D eigenvalue weighted by molar-refractivity contribution is 0.0594. The normalized spacial score (nSPS) is 10.2. The summed E-state index contributed by atoms with van der Waals surface area (Å²) in [5.74, 6) is 0.904. The highest BCUT2D eigenvalue weighted by Gasteiger charge is 2.09. The molecule has 0 aliphatic rings. The van der Waals surface area contributed by atoms with Gasteiger partial charge in [0, 0.05) is 22.4 Å². The number of nitrogens with two attached hydrogens (primary N) is 1. The molecule has 110 valence electrons. The van der Waals surface area contributed by atoms with Crippen molar-refractivity contribution in [3.05, 3.63) is 47.8 Å².